The van der Waals surface area contributed by atoms with Gasteiger partial charge in [-0.25, -0.2) is 0 Å². The summed E-state index contributed by atoms with van der Waals surface area (Å²) in [5.74, 6) is -0.00965. The fraction of sp³-hybridized carbons (Fsp3) is 0.278. The quantitative estimate of drug-likeness (QED) is 0.880. The lowest BCUT2D eigenvalue weighted by Crippen LogP contribution is -2.32. The van der Waals surface area contributed by atoms with Crippen LogP contribution in [0.5, 0.6) is 0 Å². The van der Waals surface area contributed by atoms with Crippen LogP contribution in [0.15, 0.2) is 48.5 Å². The molecule has 0 saturated heterocycles. The highest BCUT2D eigenvalue weighted by molar-refractivity contribution is 5.81. The minimum atomic E-state index is -0.00965. The summed E-state index contributed by atoms with van der Waals surface area (Å²) in [6, 6.07) is 16.0. The third-order valence-corrected chi connectivity index (χ3v) is 3.64. The molecule has 0 aliphatic carbocycles. The predicted molar refractivity (Wildman–Crippen MR) is 87.4 cm³/mol. The highest BCUT2D eigenvalue weighted by atomic mass is 16.1. The van der Waals surface area contributed by atoms with Crippen molar-refractivity contribution in [1.82, 2.24) is 5.32 Å². The molecule has 2 N–H and O–H groups in total. The molecule has 1 atom stereocenters. The van der Waals surface area contributed by atoms with Gasteiger partial charge in [0.25, 0.3) is 0 Å². The molecule has 0 aliphatic heterocycles. The molecule has 0 bridgehead atoms. The minimum Gasteiger partial charge on any atom is -0.376 e. The molecule has 0 aromatic heterocycles. The Balaban J connectivity index is 1.88. The van der Waals surface area contributed by atoms with Gasteiger partial charge in [0.1, 0.15) is 0 Å². The highest BCUT2D eigenvalue weighted by Crippen LogP contribution is 2.16. The number of rotatable bonds is 5. The third-order valence-electron chi connectivity index (χ3n) is 3.64. The second-order valence-corrected chi connectivity index (χ2v) is 5.35. The van der Waals surface area contributed by atoms with E-state index < -0.39 is 0 Å². The normalized spacial score (nSPS) is 11.8. The third kappa shape index (κ3) is 4.35. The van der Waals surface area contributed by atoms with Crippen LogP contribution in [-0.4, -0.2) is 12.5 Å². The Kier molecular flexibility index (Phi) is 4.99. The second kappa shape index (κ2) is 6.93. The van der Waals surface area contributed by atoms with Crippen molar-refractivity contribution < 1.29 is 4.79 Å². The molecule has 2 aromatic rings. The van der Waals surface area contributed by atoms with Crippen molar-refractivity contribution in [2.45, 2.75) is 26.8 Å². The van der Waals surface area contributed by atoms with Gasteiger partial charge in [0.15, 0.2) is 0 Å². The van der Waals surface area contributed by atoms with Gasteiger partial charge in [-0.1, -0.05) is 36.4 Å². The Morgan fingerprint density at radius 2 is 1.76 bits per heavy atom. The van der Waals surface area contributed by atoms with Crippen LogP contribution in [0.4, 0.5) is 5.69 Å². The maximum Gasteiger partial charge on any atom is 0.239 e. The number of hydrogen-bond acceptors (Lipinski definition) is 2. The van der Waals surface area contributed by atoms with Gasteiger partial charge in [-0.15, -0.1) is 0 Å². The SMILES string of the molecule is Cc1ccc(C(C)NC(=O)CNc2ccccc2)cc1C. The Morgan fingerprint density at radius 3 is 2.43 bits per heavy atom. The van der Waals surface area contributed by atoms with Crippen molar-refractivity contribution in [2.75, 3.05) is 11.9 Å². The van der Waals surface area contributed by atoms with E-state index in [0.717, 1.165) is 11.3 Å². The first-order valence-corrected chi connectivity index (χ1v) is 7.21. The minimum absolute atomic E-state index is 0.00868. The standard InChI is InChI=1S/C18H22N2O/c1-13-9-10-16(11-14(13)2)15(3)20-18(21)12-19-17-7-5-4-6-8-17/h4-11,15,19H,12H2,1-3H3,(H,20,21). The number of benzene rings is 2. The first-order valence-electron chi connectivity index (χ1n) is 7.21. The maximum absolute atomic E-state index is 12.0. The summed E-state index contributed by atoms with van der Waals surface area (Å²) in [5, 5.41) is 6.12. The van der Waals surface area contributed by atoms with E-state index in [1.165, 1.54) is 11.1 Å². The van der Waals surface area contributed by atoms with E-state index in [-0.39, 0.29) is 18.5 Å². The molecule has 0 fully saturated rings. The monoisotopic (exact) mass is 282 g/mol. The van der Waals surface area contributed by atoms with E-state index in [4.69, 9.17) is 0 Å². The first kappa shape index (κ1) is 15.1. The Labute approximate surface area is 126 Å². The molecule has 0 spiro atoms. The van der Waals surface area contributed by atoms with Crippen LogP contribution >= 0.6 is 0 Å². The lowest BCUT2D eigenvalue weighted by atomic mass is 10.0. The van der Waals surface area contributed by atoms with Crippen molar-refractivity contribution in [2.24, 2.45) is 0 Å². The van der Waals surface area contributed by atoms with Crippen molar-refractivity contribution in [1.29, 1.82) is 0 Å². The van der Waals surface area contributed by atoms with Crippen LogP contribution in [0.25, 0.3) is 0 Å². The van der Waals surface area contributed by atoms with Crippen molar-refractivity contribution in [3.8, 4) is 0 Å². The van der Waals surface area contributed by atoms with Gasteiger partial charge in [0, 0.05) is 5.69 Å². The molecule has 0 saturated carbocycles. The topological polar surface area (TPSA) is 41.1 Å². The molecule has 3 heteroatoms. The van der Waals surface area contributed by atoms with E-state index in [9.17, 15) is 4.79 Å². The molecule has 2 rings (SSSR count). The summed E-state index contributed by atoms with van der Waals surface area (Å²) < 4.78 is 0. The Hall–Kier alpha value is -2.29. The molecule has 1 amide bonds. The Morgan fingerprint density at radius 1 is 1.05 bits per heavy atom. The number of nitrogens with one attached hydrogen (secondary N) is 2. The summed E-state index contributed by atoms with van der Waals surface area (Å²) in [7, 11) is 0. The second-order valence-electron chi connectivity index (χ2n) is 5.35. The predicted octanol–water partition coefficient (Wildman–Crippen LogP) is 3.59. The molecule has 110 valence electrons. The average molecular weight is 282 g/mol. The summed E-state index contributed by atoms with van der Waals surface area (Å²) >= 11 is 0. The van der Waals surface area contributed by atoms with Crippen LogP contribution < -0.4 is 10.6 Å². The molecular weight excluding hydrogens is 260 g/mol. The lowest BCUT2D eigenvalue weighted by molar-refractivity contribution is -0.120. The number of aryl methyl sites for hydroxylation is 2. The number of carbonyl (C=O) groups excluding carboxylic acids is 1. The molecular formula is C18H22N2O. The zero-order valence-electron chi connectivity index (χ0n) is 12.8. The van der Waals surface area contributed by atoms with Gasteiger partial charge >= 0.3 is 0 Å². The van der Waals surface area contributed by atoms with E-state index in [1.54, 1.807) is 0 Å². The van der Waals surface area contributed by atoms with Gasteiger partial charge in [-0.2, -0.15) is 0 Å². The Bertz CT molecular complexity index is 608. The number of amides is 1. The summed E-state index contributed by atoms with van der Waals surface area (Å²) in [5.41, 5.74) is 4.59. The zero-order chi connectivity index (χ0) is 15.2. The molecule has 3 nitrogen and oxygen atoms in total. The van der Waals surface area contributed by atoms with Gasteiger partial charge in [0.2, 0.25) is 5.91 Å². The van der Waals surface area contributed by atoms with Crippen LogP contribution in [0.1, 0.15) is 29.7 Å². The van der Waals surface area contributed by atoms with Crippen LogP contribution in [-0.2, 0) is 4.79 Å². The maximum atomic E-state index is 12.0. The van der Waals surface area contributed by atoms with Gasteiger partial charge in [-0.05, 0) is 49.6 Å². The number of carbonyl (C=O) groups is 1. The number of hydrogen-bond donors (Lipinski definition) is 2. The summed E-state index contributed by atoms with van der Waals surface area (Å²) in [4.78, 5) is 12.0. The van der Waals surface area contributed by atoms with Crippen molar-refractivity contribution >= 4 is 11.6 Å². The van der Waals surface area contributed by atoms with E-state index in [2.05, 4.69) is 42.7 Å². The average Bonchev–Trinajstić information content (AvgIpc) is 2.49. The van der Waals surface area contributed by atoms with E-state index in [0.29, 0.717) is 0 Å². The first-order chi connectivity index (χ1) is 10.1. The summed E-state index contributed by atoms with van der Waals surface area (Å²) in [6.07, 6.45) is 0. The van der Waals surface area contributed by atoms with Gasteiger partial charge in [0.05, 0.1) is 12.6 Å². The fourth-order valence-corrected chi connectivity index (χ4v) is 2.15. The van der Waals surface area contributed by atoms with Crippen molar-refractivity contribution in [3.63, 3.8) is 0 Å². The molecule has 0 aliphatic rings. The number of para-hydroxylation sites is 1. The van der Waals surface area contributed by atoms with Crippen molar-refractivity contribution in [3.05, 3.63) is 65.2 Å². The van der Waals surface area contributed by atoms with Gasteiger partial charge < -0.3 is 10.6 Å². The largest absolute Gasteiger partial charge is 0.376 e. The molecule has 0 radical (unpaired) electrons. The van der Waals surface area contributed by atoms with Crippen LogP contribution in [0.2, 0.25) is 0 Å². The number of anilines is 1. The fourth-order valence-electron chi connectivity index (χ4n) is 2.15. The smallest absolute Gasteiger partial charge is 0.239 e. The molecule has 2 aromatic carbocycles. The van der Waals surface area contributed by atoms with Gasteiger partial charge in [-0.3, -0.25) is 4.79 Å². The summed E-state index contributed by atoms with van der Waals surface area (Å²) in [6.45, 7) is 6.46. The lowest BCUT2D eigenvalue weighted by Gasteiger charge is -2.16. The van der Waals surface area contributed by atoms with Crippen LogP contribution in [0, 0.1) is 13.8 Å². The highest BCUT2D eigenvalue weighted by Gasteiger charge is 2.10. The zero-order valence-corrected chi connectivity index (χ0v) is 12.8. The molecule has 21 heavy (non-hydrogen) atoms. The molecule has 1 unspecified atom stereocenters. The van der Waals surface area contributed by atoms with E-state index in [1.807, 2.05) is 37.3 Å². The van der Waals surface area contributed by atoms with Crippen LogP contribution in [0.3, 0.4) is 0 Å². The van der Waals surface area contributed by atoms with E-state index >= 15 is 0 Å². The molecule has 0 heterocycles.